The number of aryl methyl sites for hydroxylation is 2. The molecule has 0 spiro atoms. The zero-order valence-corrected chi connectivity index (χ0v) is 10.2. The van der Waals surface area contributed by atoms with Crippen molar-refractivity contribution in [2.24, 2.45) is 0 Å². The number of halogens is 1. The van der Waals surface area contributed by atoms with Gasteiger partial charge in [-0.1, -0.05) is 12.1 Å². The first-order valence-electron chi connectivity index (χ1n) is 4.72. The van der Waals surface area contributed by atoms with E-state index >= 15 is 0 Å². The second kappa shape index (κ2) is 4.11. The lowest BCUT2D eigenvalue weighted by Gasteiger charge is -2.03. The first-order valence-corrected chi connectivity index (χ1v) is 5.51. The Kier molecular flexibility index (Phi) is 2.82. The smallest absolute Gasteiger partial charge is 0.159 e. The molecule has 2 nitrogen and oxygen atoms in total. The molecule has 1 heterocycles. The summed E-state index contributed by atoms with van der Waals surface area (Å²) >= 11 is 3.32. The molecule has 2 aromatic rings. The molecular formula is C12H11BrN2. The van der Waals surface area contributed by atoms with Crippen molar-refractivity contribution in [3.63, 3.8) is 0 Å². The van der Waals surface area contributed by atoms with Crippen LogP contribution in [-0.2, 0) is 0 Å². The van der Waals surface area contributed by atoms with E-state index in [0.29, 0.717) is 0 Å². The normalized spacial score (nSPS) is 10.3. The van der Waals surface area contributed by atoms with Crippen LogP contribution in [0.4, 0.5) is 0 Å². The molecular weight excluding hydrogens is 252 g/mol. The van der Waals surface area contributed by atoms with E-state index in [0.717, 1.165) is 15.9 Å². The van der Waals surface area contributed by atoms with Crippen LogP contribution in [0.15, 0.2) is 35.1 Å². The molecule has 1 aromatic carbocycles. The van der Waals surface area contributed by atoms with Crippen molar-refractivity contribution < 1.29 is 0 Å². The Labute approximate surface area is 97.5 Å². The highest BCUT2D eigenvalue weighted by Crippen LogP contribution is 2.19. The molecule has 3 heteroatoms. The minimum Gasteiger partial charge on any atom is -0.235 e. The summed E-state index contributed by atoms with van der Waals surface area (Å²) in [6, 6.07) is 6.25. The third-order valence-electron chi connectivity index (χ3n) is 2.39. The van der Waals surface area contributed by atoms with Crippen LogP contribution in [0.3, 0.4) is 0 Å². The van der Waals surface area contributed by atoms with Gasteiger partial charge in [-0.3, -0.25) is 0 Å². The molecule has 15 heavy (non-hydrogen) atoms. The zero-order chi connectivity index (χ0) is 10.8. The molecule has 0 aliphatic carbocycles. The Morgan fingerprint density at radius 3 is 2.27 bits per heavy atom. The van der Waals surface area contributed by atoms with E-state index in [4.69, 9.17) is 0 Å². The molecule has 0 aliphatic heterocycles. The molecule has 0 atom stereocenters. The standard InChI is InChI=1S/C12H11BrN2/c1-8-3-4-10(5-9(8)2)12-14-6-11(13)7-15-12/h3-7H,1-2H3. The number of nitrogens with zero attached hydrogens (tertiary/aromatic N) is 2. The summed E-state index contributed by atoms with van der Waals surface area (Å²) in [4.78, 5) is 8.52. The number of hydrogen-bond donors (Lipinski definition) is 0. The number of rotatable bonds is 1. The summed E-state index contributed by atoms with van der Waals surface area (Å²) < 4.78 is 0.898. The predicted octanol–water partition coefficient (Wildman–Crippen LogP) is 3.52. The molecule has 76 valence electrons. The molecule has 0 bridgehead atoms. The largest absolute Gasteiger partial charge is 0.235 e. The molecule has 0 radical (unpaired) electrons. The van der Waals surface area contributed by atoms with E-state index in [-0.39, 0.29) is 0 Å². The molecule has 1 aromatic heterocycles. The van der Waals surface area contributed by atoms with Crippen molar-refractivity contribution in [1.29, 1.82) is 0 Å². The maximum Gasteiger partial charge on any atom is 0.159 e. The van der Waals surface area contributed by atoms with Gasteiger partial charge in [-0.25, -0.2) is 9.97 Å². The van der Waals surface area contributed by atoms with E-state index in [1.807, 2.05) is 6.07 Å². The van der Waals surface area contributed by atoms with Gasteiger partial charge in [0.1, 0.15) is 0 Å². The van der Waals surface area contributed by atoms with Crippen LogP contribution in [0.1, 0.15) is 11.1 Å². The van der Waals surface area contributed by atoms with Gasteiger partial charge in [-0.05, 0) is 47.0 Å². The molecule has 0 saturated heterocycles. The summed E-state index contributed by atoms with van der Waals surface area (Å²) in [5.41, 5.74) is 3.61. The van der Waals surface area contributed by atoms with Crippen LogP contribution in [0.2, 0.25) is 0 Å². The highest BCUT2D eigenvalue weighted by atomic mass is 79.9. The molecule has 2 rings (SSSR count). The second-order valence-electron chi connectivity index (χ2n) is 3.52. The highest BCUT2D eigenvalue weighted by molar-refractivity contribution is 9.10. The molecule has 0 unspecified atom stereocenters. The SMILES string of the molecule is Cc1ccc(-c2ncc(Br)cn2)cc1C. The Hall–Kier alpha value is -1.22. The maximum absolute atomic E-state index is 4.26. The molecule has 0 saturated carbocycles. The predicted molar refractivity (Wildman–Crippen MR) is 64.6 cm³/mol. The first kappa shape index (κ1) is 10.3. The van der Waals surface area contributed by atoms with Crippen molar-refractivity contribution in [3.05, 3.63) is 46.2 Å². The van der Waals surface area contributed by atoms with E-state index in [2.05, 4.69) is 51.9 Å². The highest BCUT2D eigenvalue weighted by Gasteiger charge is 2.02. The van der Waals surface area contributed by atoms with Gasteiger partial charge in [0.2, 0.25) is 0 Å². The van der Waals surface area contributed by atoms with Crippen LogP contribution in [-0.4, -0.2) is 9.97 Å². The van der Waals surface area contributed by atoms with Gasteiger partial charge in [0.15, 0.2) is 5.82 Å². The lowest BCUT2D eigenvalue weighted by Crippen LogP contribution is -1.89. The van der Waals surface area contributed by atoms with Gasteiger partial charge in [-0.2, -0.15) is 0 Å². The average molecular weight is 263 g/mol. The van der Waals surface area contributed by atoms with Crippen molar-refractivity contribution in [3.8, 4) is 11.4 Å². The lowest BCUT2D eigenvalue weighted by molar-refractivity contribution is 1.16. The van der Waals surface area contributed by atoms with Gasteiger partial charge >= 0.3 is 0 Å². The lowest BCUT2D eigenvalue weighted by atomic mass is 10.1. The summed E-state index contributed by atoms with van der Waals surface area (Å²) in [7, 11) is 0. The van der Waals surface area contributed by atoms with Crippen LogP contribution in [0.25, 0.3) is 11.4 Å². The Morgan fingerprint density at radius 1 is 1.00 bits per heavy atom. The van der Waals surface area contributed by atoms with Gasteiger partial charge < -0.3 is 0 Å². The quantitative estimate of drug-likeness (QED) is 0.786. The fourth-order valence-electron chi connectivity index (χ4n) is 1.34. The zero-order valence-electron chi connectivity index (χ0n) is 8.66. The minimum absolute atomic E-state index is 0.765. The van der Waals surface area contributed by atoms with Crippen LogP contribution in [0.5, 0.6) is 0 Å². The fourth-order valence-corrected chi connectivity index (χ4v) is 1.55. The summed E-state index contributed by atoms with van der Waals surface area (Å²) in [5, 5.41) is 0. The Balaban J connectivity index is 2.45. The minimum atomic E-state index is 0.765. The van der Waals surface area contributed by atoms with Crippen LogP contribution in [0, 0.1) is 13.8 Å². The molecule has 0 amide bonds. The van der Waals surface area contributed by atoms with E-state index in [1.165, 1.54) is 11.1 Å². The van der Waals surface area contributed by atoms with Crippen LogP contribution < -0.4 is 0 Å². The summed E-state index contributed by atoms with van der Waals surface area (Å²) in [6.45, 7) is 4.19. The molecule has 0 N–H and O–H groups in total. The van der Waals surface area contributed by atoms with Crippen molar-refractivity contribution in [2.45, 2.75) is 13.8 Å². The van der Waals surface area contributed by atoms with Gasteiger partial charge in [-0.15, -0.1) is 0 Å². The fraction of sp³-hybridized carbons (Fsp3) is 0.167. The Morgan fingerprint density at radius 2 is 1.67 bits per heavy atom. The van der Waals surface area contributed by atoms with Gasteiger partial charge in [0, 0.05) is 18.0 Å². The number of benzene rings is 1. The molecule has 0 aliphatic rings. The topological polar surface area (TPSA) is 25.8 Å². The van der Waals surface area contributed by atoms with Crippen molar-refractivity contribution >= 4 is 15.9 Å². The monoisotopic (exact) mass is 262 g/mol. The third-order valence-corrected chi connectivity index (χ3v) is 2.79. The summed E-state index contributed by atoms with van der Waals surface area (Å²) in [6.07, 6.45) is 3.52. The Bertz CT molecular complexity index is 477. The van der Waals surface area contributed by atoms with Crippen molar-refractivity contribution in [2.75, 3.05) is 0 Å². The van der Waals surface area contributed by atoms with E-state index < -0.39 is 0 Å². The third kappa shape index (κ3) is 2.23. The number of aromatic nitrogens is 2. The van der Waals surface area contributed by atoms with E-state index in [9.17, 15) is 0 Å². The first-order chi connectivity index (χ1) is 7.16. The summed E-state index contributed by atoms with van der Waals surface area (Å²) in [5.74, 6) is 0.765. The van der Waals surface area contributed by atoms with E-state index in [1.54, 1.807) is 12.4 Å². The van der Waals surface area contributed by atoms with Gasteiger partial charge in [0.25, 0.3) is 0 Å². The van der Waals surface area contributed by atoms with Gasteiger partial charge in [0.05, 0.1) is 4.47 Å². The maximum atomic E-state index is 4.26. The average Bonchev–Trinajstić information content (AvgIpc) is 2.23. The van der Waals surface area contributed by atoms with Crippen molar-refractivity contribution in [1.82, 2.24) is 9.97 Å². The second-order valence-corrected chi connectivity index (χ2v) is 4.44. The number of hydrogen-bond acceptors (Lipinski definition) is 2. The van der Waals surface area contributed by atoms with Crippen LogP contribution >= 0.6 is 15.9 Å². The molecule has 0 fully saturated rings.